The first-order chi connectivity index (χ1) is 10.9. The minimum Gasteiger partial charge on any atom is -0.481 e. The number of likely N-dealkylation sites (tertiary alicyclic amines) is 1. The predicted molar refractivity (Wildman–Crippen MR) is 86.0 cm³/mol. The van der Waals surface area contributed by atoms with Crippen LogP contribution in [0.5, 0.6) is 0 Å². The van der Waals surface area contributed by atoms with Crippen molar-refractivity contribution in [2.75, 3.05) is 46.8 Å². The molecule has 0 aromatic rings. The van der Waals surface area contributed by atoms with Crippen LogP contribution >= 0.6 is 0 Å². The van der Waals surface area contributed by atoms with Crippen LogP contribution in [0.3, 0.4) is 0 Å². The summed E-state index contributed by atoms with van der Waals surface area (Å²) in [5.74, 6) is -1.27. The van der Waals surface area contributed by atoms with Gasteiger partial charge in [0.2, 0.25) is 11.8 Å². The van der Waals surface area contributed by atoms with E-state index in [0.717, 1.165) is 25.9 Å². The Morgan fingerprint density at radius 2 is 1.78 bits per heavy atom. The van der Waals surface area contributed by atoms with E-state index in [2.05, 4.69) is 20.4 Å². The van der Waals surface area contributed by atoms with Crippen LogP contribution in [0.4, 0.5) is 0 Å². The second-order valence-electron chi connectivity index (χ2n) is 6.12. The van der Waals surface area contributed by atoms with E-state index >= 15 is 0 Å². The number of carbonyl (C=O) groups is 3. The molecular formula is C15H28N4O4. The molecule has 0 aliphatic carbocycles. The van der Waals surface area contributed by atoms with Crippen molar-refractivity contribution in [3.63, 3.8) is 0 Å². The summed E-state index contributed by atoms with van der Waals surface area (Å²) in [6, 6.07) is 0.412. The van der Waals surface area contributed by atoms with Crippen molar-refractivity contribution >= 4 is 17.8 Å². The largest absolute Gasteiger partial charge is 0.481 e. The Bertz CT molecular complexity index is 414. The number of amides is 2. The molecule has 8 nitrogen and oxygen atoms in total. The molecule has 1 unspecified atom stereocenters. The van der Waals surface area contributed by atoms with Crippen LogP contribution in [0.15, 0.2) is 0 Å². The van der Waals surface area contributed by atoms with Gasteiger partial charge < -0.3 is 20.6 Å². The number of nitrogens with zero attached hydrogens (tertiary/aromatic N) is 2. The standard InChI is InChI=1S/C15H28N4O4/c1-18(2)10-12-4-3-9-19(12)11-14(21)17-7-5-13(20)16-8-6-15(22)23/h12H,3-11H2,1-2H3,(H,16,20)(H,17,21)(H,22,23)/i3+1,4+1,9+1,10+1,11+1,12+1,15+1,16+1,17+1. The Balaban J connectivity index is 2.16. The van der Waals surface area contributed by atoms with E-state index in [4.69, 9.17) is 5.11 Å². The van der Waals surface area contributed by atoms with Gasteiger partial charge in [-0.15, -0.1) is 0 Å². The van der Waals surface area contributed by atoms with E-state index in [1.807, 2.05) is 14.1 Å². The summed E-state index contributed by atoms with van der Waals surface area (Å²) in [5.41, 5.74) is 0. The van der Waals surface area contributed by atoms with E-state index in [1.165, 1.54) is 0 Å². The Hall–Kier alpha value is -1.67. The molecule has 0 bridgehead atoms. The fourth-order valence-electron chi connectivity index (χ4n) is 2.68. The average Bonchev–Trinajstić information content (AvgIpc) is 2.84. The molecule has 1 heterocycles. The maximum Gasteiger partial charge on any atom is 0.305 e. The molecule has 0 aromatic heterocycles. The molecule has 1 aliphatic rings. The van der Waals surface area contributed by atoms with Crippen LogP contribution in [0.1, 0.15) is 25.7 Å². The van der Waals surface area contributed by atoms with Gasteiger partial charge in [0, 0.05) is 32.1 Å². The average molecular weight is 337 g/mol. The number of nitrogens with one attached hydrogen (secondary N) is 2. The number of hydrogen-bond acceptors (Lipinski definition) is 5. The lowest BCUT2D eigenvalue weighted by molar-refractivity contribution is -0.137. The van der Waals surface area contributed by atoms with Crippen LogP contribution in [0.2, 0.25) is 0 Å². The van der Waals surface area contributed by atoms with Crippen LogP contribution in [0, 0.1) is 0 Å². The molecule has 1 fully saturated rings. The highest BCUT2D eigenvalue weighted by Crippen LogP contribution is 2.16. The third kappa shape index (κ3) is 8.51. The van der Waals surface area contributed by atoms with E-state index in [9.17, 15) is 14.4 Å². The van der Waals surface area contributed by atoms with Crippen molar-refractivity contribution in [3.8, 4) is 0 Å². The monoisotopic (exact) mass is 337 g/mol. The summed E-state index contributed by atoms with van der Waals surface area (Å²) in [5, 5.41) is 13.7. The summed E-state index contributed by atoms with van der Waals surface area (Å²) >= 11 is 0. The number of likely N-dealkylation sites (N-methyl/N-ethyl adjacent to an activating group) is 1. The first kappa shape index (κ1) is 19.4. The minimum absolute atomic E-state index is 0.0750. The molecule has 0 radical (unpaired) electrons. The lowest BCUT2D eigenvalue weighted by Crippen LogP contribution is -2.44. The first-order valence-corrected chi connectivity index (χ1v) is 8.02. The molecule has 2 amide bonds. The lowest BCUT2D eigenvalue weighted by Gasteiger charge is -2.26. The maximum absolute atomic E-state index is 11.9. The molecule has 0 aromatic carbocycles. The highest BCUT2D eigenvalue weighted by Gasteiger charge is 2.26. The SMILES string of the molecule is CN(C)[13CH2][13CH]1[13CH2][13CH2][13CH2]N1[13CH2]C(=O)[15NH]CCC(=O)[15NH]CC[13C](=O)O. The summed E-state index contributed by atoms with van der Waals surface area (Å²) in [7, 11) is 4.05. The summed E-state index contributed by atoms with van der Waals surface area (Å²) in [4.78, 5) is 38.0. The smallest absolute Gasteiger partial charge is 0.305 e. The number of carbonyl (C=O) groups excluding carboxylic acids is 2. The van der Waals surface area contributed by atoms with Gasteiger partial charge in [-0.3, -0.25) is 19.3 Å². The van der Waals surface area contributed by atoms with Gasteiger partial charge in [-0.2, -0.15) is 0 Å². The summed E-state index contributed by atoms with van der Waals surface area (Å²) < 4.78 is 0. The van der Waals surface area contributed by atoms with Crippen molar-refractivity contribution in [1.82, 2.24) is 20.4 Å². The van der Waals surface area contributed by atoms with E-state index in [1.54, 1.807) is 0 Å². The molecule has 23 heavy (non-hydrogen) atoms. The zero-order valence-corrected chi connectivity index (χ0v) is 14.0. The predicted octanol–water partition coefficient (Wildman–Crippen LogP) is -0.890. The van der Waals surface area contributed by atoms with Gasteiger partial charge in [-0.05, 0) is 33.5 Å². The normalized spacial score (nSPS) is 18.1. The van der Waals surface area contributed by atoms with Crippen LogP contribution in [-0.2, 0) is 14.4 Å². The Labute approximate surface area is 137 Å². The van der Waals surface area contributed by atoms with Crippen molar-refractivity contribution in [1.29, 1.82) is 0 Å². The van der Waals surface area contributed by atoms with Gasteiger partial charge in [-0.1, -0.05) is 0 Å². The van der Waals surface area contributed by atoms with Gasteiger partial charge in [0.25, 0.3) is 0 Å². The molecular weight excluding hydrogens is 309 g/mol. The maximum atomic E-state index is 11.9. The molecule has 1 aliphatic heterocycles. The molecule has 132 valence electrons. The molecule has 1 rings (SSSR count). The second-order valence-corrected chi connectivity index (χ2v) is 6.12. The Morgan fingerprint density at radius 1 is 1.13 bits per heavy atom. The van der Waals surface area contributed by atoms with E-state index in [0.29, 0.717) is 12.6 Å². The number of hydrogen-bond donors (Lipinski definition) is 3. The van der Waals surface area contributed by atoms with Crippen molar-refractivity contribution < 1.29 is 19.5 Å². The topological polar surface area (TPSA) is 102 Å². The molecule has 1 atom stereocenters. The minimum atomic E-state index is -0.948. The van der Waals surface area contributed by atoms with E-state index < -0.39 is 5.97 Å². The van der Waals surface area contributed by atoms with Gasteiger partial charge in [0.05, 0.1) is 13.0 Å². The number of carboxylic acids is 1. The van der Waals surface area contributed by atoms with E-state index in [-0.39, 0.29) is 37.7 Å². The Kier molecular flexibility index (Phi) is 8.57. The van der Waals surface area contributed by atoms with Gasteiger partial charge in [0.1, 0.15) is 0 Å². The van der Waals surface area contributed by atoms with Gasteiger partial charge >= 0.3 is 5.97 Å². The molecule has 8 heteroatoms. The van der Waals surface area contributed by atoms with Crippen molar-refractivity contribution in [2.45, 2.75) is 31.7 Å². The van der Waals surface area contributed by atoms with Crippen LogP contribution < -0.4 is 10.6 Å². The van der Waals surface area contributed by atoms with Crippen LogP contribution in [0.25, 0.3) is 0 Å². The second kappa shape index (κ2) is 10.2. The molecule has 3 N–H and O–H groups in total. The quantitative estimate of drug-likeness (QED) is 0.353. The molecule has 0 spiro atoms. The summed E-state index contributed by atoms with van der Waals surface area (Å²) in [6.45, 7) is 2.62. The summed E-state index contributed by atoms with van der Waals surface area (Å²) in [6.07, 6.45) is 2.28. The fraction of sp³-hybridized carbons (Fsp3) is 0.800. The zero-order valence-electron chi connectivity index (χ0n) is 14.0. The fourth-order valence-corrected chi connectivity index (χ4v) is 2.68. The number of aliphatic carboxylic acids is 1. The highest BCUT2D eigenvalue weighted by atomic mass is 16.5. The third-order valence-electron chi connectivity index (χ3n) is 3.76. The molecule has 0 saturated carbocycles. The van der Waals surface area contributed by atoms with Gasteiger partial charge in [-0.25, -0.2) is 0 Å². The zero-order chi connectivity index (χ0) is 17.2. The van der Waals surface area contributed by atoms with Crippen LogP contribution in [-0.4, -0.2) is 85.6 Å². The van der Waals surface area contributed by atoms with Gasteiger partial charge in [0.15, 0.2) is 0 Å². The first-order valence-electron chi connectivity index (χ1n) is 8.02. The van der Waals surface area contributed by atoms with Crippen molar-refractivity contribution in [2.24, 2.45) is 0 Å². The molecule has 1 saturated heterocycles. The Morgan fingerprint density at radius 3 is 2.43 bits per heavy atom. The number of carboxylic acid groups (broad SMARTS) is 1. The third-order valence-corrected chi connectivity index (χ3v) is 3.76. The number of rotatable bonds is 10. The highest BCUT2D eigenvalue weighted by molar-refractivity contribution is 5.80. The lowest BCUT2D eigenvalue weighted by atomic mass is 10.4. The van der Waals surface area contributed by atoms with Crippen molar-refractivity contribution in [3.05, 3.63) is 0 Å².